The Morgan fingerprint density at radius 3 is 1.93 bits per heavy atom. The van der Waals surface area contributed by atoms with Gasteiger partial charge in [0.05, 0.1) is 48.1 Å². The molecular weight excluding hydrogens is 748 g/mol. The molecule has 15 heteroatoms. The molecule has 1 aromatic carbocycles. The van der Waals surface area contributed by atoms with E-state index in [9.17, 15) is 22.8 Å². The van der Waals surface area contributed by atoms with Gasteiger partial charge in [-0.25, -0.2) is 14.8 Å². The number of nitrogens with one attached hydrogen (secondary N) is 1. The van der Waals surface area contributed by atoms with Gasteiger partial charge in [-0.2, -0.15) is 18.4 Å². The molecule has 0 radical (unpaired) electrons. The number of carbonyl (C=O) groups is 2. The summed E-state index contributed by atoms with van der Waals surface area (Å²) >= 11 is 0. The number of piperazine rings is 1. The van der Waals surface area contributed by atoms with E-state index in [1.54, 1.807) is 18.3 Å². The van der Waals surface area contributed by atoms with E-state index < -0.39 is 23.3 Å². The molecule has 4 saturated heterocycles. The quantitative estimate of drug-likeness (QED) is 0.238. The van der Waals surface area contributed by atoms with Crippen molar-refractivity contribution < 1.29 is 27.5 Å². The molecule has 3 aromatic rings. The van der Waals surface area contributed by atoms with Gasteiger partial charge in [0.2, 0.25) is 5.91 Å². The zero-order valence-electron chi connectivity index (χ0n) is 33.5. The van der Waals surface area contributed by atoms with Crippen molar-refractivity contribution in [1.29, 1.82) is 5.26 Å². The summed E-state index contributed by atoms with van der Waals surface area (Å²) in [6, 6.07) is 13.5. The monoisotopic (exact) mass is 801 g/mol. The van der Waals surface area contributed by atoms with Gasteiger partial charge in [0.15, 0.2) is 0 Å². The summed E-state index contributed by atoms with van der Waals surface area (Å²) in [7, 11) is 1.37. The minimum Gasteiger partial charge on any atom is -0.464 e. The molecule has 12 nitrogen and oxygen atoms in total. The number of esters is 1. The van der Waals surface area contributed by atoms with E-state index in [4.69, 9.17) is 10.00 Å². The number of amides is 1. The van der Waals surface area contributed by atoms with Gasteiger partial charge >= 0.3 is 12.1 Å². The number of hydrogen-bond acceptors (Lipinski definition) is 11. The molecule has 58 heavy (non-hydrogen) atoms. The smallest absolute Gasteiger partial charge is 0.417 e. The lowest BCUT2D eigenvalue weighted by Crippen LogP contribution is -2.54. The summed E-state index contributed by atoms with van der Waals surface area (Å²) in [5.74, 6) is 1.03. The summed E-state index contributed by atoms with van der Waals surface area (Å²) in [4.78, 5) is 45.6. The lowest BCUT2D eigenvalue weighted by molar-refractivity contribution is -0.137. The van der Waals surface area contributed by atoms with Crippen LogP contribution in [0.15, 0.2) is 54.9 Å². The number of methoxy groups -OCH3 is 1. The van der Waals surface area contributed by atoms with Crippen LogP contribution in [0.25, 0.3) is 0 Å². The average molecular weight is 802 g/mol. The second-order valence-electron chi connectivity index (χ2n) is 16.3. The molecule has 7 rings (SSSR count). The molecule has 0 saturated carbocycles. The van der Waals surface area contributed by atoms with Crippen molar-refractivity contribution >= 4 is 34.8 Å². The van der Waals surface area contributed by atoms with Gasteiger partial charge in [-0.1, -0.05) is 0 Å². The van der Waals surface area contributed by atoms with Gasteiger partial charge in [0, 0.05) is 89.6 Å². The van der Waals surface area contributed by atoms with Crippen molar-refractivity contribution in [3.63, 3.8) is 0 Å². The fourth-order valence-corrected chi connectivity index (χ4v) is 9.09. The largest absolute Gasteiger partial charge is 0.464 e. The number of rotatable bonds is 10. The number of nitrogens with zero attached hydrogens (tertiary/aromatic N) is 8. The third-order valence-electron chi connectivity index (χ3n) is 12.6. The van der Waals surface area contributed by atoms with Gasteiger partial charge in [-0.05, 0) is 99.7 Å². The topological polar surface area (TPSA) is 121 Å². The van der Waals surface area contributed by atoms with Crippen LogP contribution in [0.4, 0.5) is 36.1 Å². The van der Waals surface area contributed by atoms with Crippen LogP contribution in [0, 0.1) is 29.1 Å². The maximum atomic E-state index is 13.5. The average Bonchev–Trinajstić information content (AvgIpc) is 3.25. The van der Waals surface area contributed by atoms with Gasteiger partial charge in [-0.3, -0.25) is 9.69 Å². The predicted molar refractivity (Wildman–Crippen MR) is 217 cm³/mol. The molecule has 1 amide bonds. The number of halogens is 3. The fraction of sp³-hybridized carbons (Fsp3) is 0.558. The van der Waals surface area contributed by atoms with Crippen LogP contribution < -0.4 is 20.0 Å². The van der Waals surface area contributed by atoms with Crippen LogP contribution in [0.1, 0.15) is 67.1 Å². The maximum Gasteiger partial charge on any atom is 0.417 e. The molecule has 0 spiro atoms. The van der Waals surface area contributed by atoms with Crippen molar-refractivity contribution in [3.8, 4) is 6.07 Å². The number of piperidine rings is 3. The first-order valence-corrected chi connectivity index (χ1v) is 20.6. The highest BCUT2D eigenvalue weighted by Gasteiger charge is 2.35. The third kappa shape index (κ3) is 10.0. The molecule has 6 heterocycles. The van der Waals surface area contributed by atoms with Crippen molar-refractivity contribution in [3.05, 3.63) is 71.7 Å². The van der Waals surface area contributed by atoms with E-state index in [0.29, 0.717) is 61.0 Å². The standard InChI is InChI=1S/C43H54F3N9O3/c1-30-27-51(28-31-9-15-53(16-10-31)36-5-7-39(48-25-36)42(57)58-2)21-22-55(30)29-32-11-17-54(18-12-32)37-6-8-40(49-26-37)50-41(56)33-13-19-52(20-14-33)35-4-3-34(24-47)38(23-35)43(44,45)46/h3-8,23,25-26,30-33H,9-22,27-29H2,1-2H3,(H,49,50,56)/t30-/m1/s1. The number of hydrogen-bond donors (Lipinski definition) is 1. The highest BCUT2D eigenvalue weighted by Crippen LogP contribution is 2.36. The molecule has 0 bridgehead atoms. The van der Waals surface area contributed by atoms with Gasteiger partial charge in [-0.15, -0.1) is 0 Å². The number of aromatic nitrogens is 2. The second kappa shape index (κ2) is 18.3. The van der Waals surface area contributed by atoms with E-state index in [1.807, 2.05) is 29.3 Å². The van der Waals surface area contributed by atoms with Crippen LogP contribution in [0.3, 0.4) is 0 Å². The van der Waals surface area contributed by atoms with E-state index in [-0.39, 0.29) is 11.8 Å². The Bertz CT molecular complexity index is 1900. The summed E-state index contributed by atoms with van der Waals surface area (Å²) in [5.41, 5.74) is 1.51. The summed E-state index contributed by atoms with van der Waals surface area (Å²) < 4.78 is 45.2. The second-order valence-corrected chi connectivity index (χ2v) is 16.3. The number of ether oxygens (including phenoxy) is 1. The van der Waals surface area contributed by atoms with E-state index in [1.165, 1.54) is 19.2 Å². The van der Waals surface area contributed by atoms with Crippen LogP contribution in [0.5, 0.6) is 0 Å². The molecule has 2 aromatic heterocycles. The van der Waals surface area contributed by atoms with Crippen LogP contribution >= 0.6 is 0 Å². The van der Waals surface area contributed by atoms with Crippen molar-refractivity contribution in [2.75, 3.05) is 99.1 Å². The Hall–Kier alpha value is -4.94. The number of anilines is 4. The van der Waals surface area contributed by atoms with Gasteiger partial charge in [0.1, 0.15) is 11.5 Å². The fourth-order valence-electron chi connectivity index (χ4n) is 9.09. The normalized spacial score (nSPS) is 20.8. The number of pyridine rings is 2. The number of nitriles is 1. The Morgan fingerprint density at radius 1 is 0.793 bits per heavy atom. The molecule has 0 aliphatic carbocycles. The van der Waals surface area contributed by atoms with Crippen LogP contribution in [0.2, 0.25) is 0 Å². The summed E-state index contributed by atoms with van der Waals surface area (Å²) in [5, 5.41) is 12.0. The highest BCUT2D eigenvalue weighted by molar-refractivity contribution is 5.92. The van der Waals surface area contributed by atoms with E-state index in [2.05, 4.69) is 41.8 Å². The molecule has 4 aliphatic rings. The first-order valence-electron chi connectivity index (χ1n) is 20.6. The van der Waals surface area contributed by atoms with Crippen molar-refractivity contribution in [1.82, 2.24) is 19.8 Å². The van der Waals surface area contributed by atoms with Crippen LogP contribution in [-0.4, -0.2) is 117 Å². The molecule has 0 unspecified atom stereocenters. The van der Waals surface area contributed by atoms with Crippen molar-refractivity contribution in [2.24, 2.45) is 17.8 Å². The third-order valence-corrected chi connectivity index (χ3v) is 12.6. The Kier molecular flexibility index (Phi) is 13.0. The Balaban J connectivity index is 0.792. The van der Waals surface area contributed by atoms with Crippen molar-refractivity contribution in [2.45, 2.75) is 57.7 Å². The minimum absolute atomic E-state index is 0.132. The Morgan fingerprint density at radius 2 is 1.38 bits per heavy atom. The van der Waals surface area contributed by atoms with Gasteiger partial charge < -0.3 is 29.7 Å². The molecular formula is C43H54F3N9O3. The molecule has 310 valence electrons. The maximum absolute atomic E-state index is 13.5. The first-order chi connectivity index (χ1) is 28.0. The van der Waals surface area contributed by atoms with Crippen LogP contribution in [-0.2, 0) is 15.7 Å². The molecule has 1 atom stereocenters. The lowest BCUT2D eigenvalue weighted by atomic mass is 9.94. The molecule has 4 aliphatic heterocycles. The minimum atomic E-state index is -4.61. The predicted octanol–water partition coefficient (Wildman–Crippen LogP) is 6.15. The Labute approximate surface area is 338 Å². The number of benzene rings is 1. The zero-order chi connectivity index (χ0) is 40.8. The summed E-state index contributed by atoms with van der Waals surface area (Å²) in [6.07, 6.45) is 4.57. The highest BCUT2D eigenvalue weighted by atomic mass is 19.4. The lowest BCUT2D eigenvalue weighted by Gasteiger charge is -2.44. The van der Waals surface area contributed by atoms with E-state index in [0.717, 1.165) is 102 Å². The molecule has 1 N–H and O–H groups in total. The number of carbonyl (C=O) groups excluding carboxylic acids is 2. The first kappa shape index (κ1) is 41.2. The zero-order valence-corrected chi connectivity index (χ0v) is 33.5. The molecule has 4 fully saturated rings. The SMILES string of the molecule is COC(=O)c1ccc(N2CCC(CN3CCN(CC4CCN(c5ccc(NC(=O)C6CCN(c7ccc(C#N)c(C(F)(F)F)c7)CC6)nc5)CC4)[C@H](C)C3)CC2)cn1. The number of alkyl halides is 3. The van der Waals surface area contributed by atoms with E-state index >= 15 is 0 Å². The summed E-state index contributed by atoms with van der Waals surface area (Å²) in [6.45, 7) is 12.8. The van der Waals surface area contributed by atoms with Gasteiger partial charge in [0.25, 0.3) is 0 Å².